The summed E-state index contributed by atoms with van der Waals surface area (Å²) in [5, 5.41) is 4.02. The number of alkyl halides is 1. The second-order valence-corrected chi connectivity index (χ2v) is 5.98. The van der Waals surface area contributed by atoms with Crippen LogP contribution in [0.1, 0.15) is 59.3 Å². The van der Waals surface area contributed by atoms with Gasteiger partial charge in [0.1, 0.15) is 0 Å². The Labute approximate surface area is 109 Å². The van der Waals surface area contributed by atoms with E-state index in [9.17, 15) is 4.79 Å². The first-order valence-corrected chi connectivity index (χ1v) is 7.46. The SMILES string of the molecule is CCCCCCC(=O)NCC(C)(C)CCBr. The monoisotopic (exact) mass is 291 g/mol. The summed E-state index contributed by atoms with van der Waals surface area (Å²) in [7, 11) is 0. The topological polar surface area (TPSA) is 29.1 Å². The van der Waals surface area contributed by atoms with Crippen molar-refractivity contribution in [2.45, 2.75) is 59.3 Å². The molecule has 0 aromatic heterocycles. The first-order valence-electron chi connectivity index (χ1n) is 6.34. The van der Waals surface area contributed by atoms with Gasteiger partial charge in [0.25, 0.3) is 0 Å². The van der Waals surface area contributed by atoms with Crippen molar-refractivity contribution < 1.29 is 4.79 Å². The van der Waals surface area contributed by atoms with Gasteiger partial charge in [-0.2, -0.15) is 0 Å². The fourth-order valence-electron chi connectivity index (χ4n) is 1.48. The molecular formula is C13H26BrNO. The Morgan fingerprint density at radius 2 is 1.94 bits per heavy atom. The second kappa shape index (κ2) is 9.03. The molecule has 96 valence electrons. The van der Waals surface area contributed by atoms with Crippen LogP contribution in [-0.2, 0) is 4.79 Å². The molecule has 2 nitrogen and oxygen atoms in total. The Morgan fingerprint density at radius 3 is 2.50 bits per heavy atom. The number of hydrogen-bond donors (Lipinski definition) is 1. The summed E-state index contributed by atoms with van der Waals surface area (Å²) in [5.74, 6) is 0.207. The molecular weight excluding hydrogens is 266 g/mol. The molecule has 0 bridgehead atoms. The van der Waals surface area contributed by atoms with Crippen LogP contribution in [0.4, 0.5) is 0 Å². The molecule has 0 aromatic rings. The van der Waals surface area contributed by atoms with Gasteiger partial charge in [-0.25, -0.2) is 0 Å². The van der Waals surface area contributed by atoms with E-state index in [0.717, 1.165) is 24.7 Å². The maximum Gasteiger partial charge on any atom is 0.220 e. The van der Waals surface area contributed by atoms with Crippen LogP contribution in [0.5, 0.6) is 0 Å². The number of nitrogens with one attached hydrogen (secondary N) is 1. The van der Waals surface area contributed by atoms with E-state index in [-0.39, 0.29) is 11.3 Å². The zero-order chi connectivity index (χ0) is 12.4. The summed E-state index contributed by atoms with van der Waals surface area (Å²) in [6, 6.07) is 0. The Balaban J connectivity index is 3.56. The molecule has 0 spiro atoms. The van der Waals surface area contributed by atoms with Crippen LogP contribution >= 0.6 is 15.9 Å². The lowest BCUT2D eigenvalue weighted by molar-refractivity contribution is -0.121. The number of rotatable bonds is 9. The molecule has 0 rings (SSSR count). The summed E-state index contributed by atoms with van der Waals surface area (Å²) < 4.78 is 0. The molecule has 0 aromatic carbocycles. The Bertz CT molecular complexity index is 192. The fraction of sp³-hybridized carbons (Fsp3) is 0.923. The summed E-state index contributed by atoms with van der Waals surface area (Å²) in [5.41, 5.74) is 0.197. The van der Waals surface area contributed by atoms with Gasteiger partial charge in [0.15, 0.2) is 0 Å². The fourth-order valence-corrected chi connectivity index (χ4v) is 2.56. The van der Waals surface area contributed by atoms with E-state index in [1.807, 2.05) is 0 Å². The van der Waals surface area contributed by atoms with Crippen molar-refractivity contribution in [2.75, 3.05) is 11.9 Å². The van der Waals surface area contributed by atoms with Gasteiger partial charge in [-0.15, -0.1) is 0 Å². The van der Waals surface area contributed by atoms with Crippen LogP contribution in [-0.4, -0.2) is 17.8 Å². The molecule has 0 heterocycles. The van der Waals surface area contributed by atoms with Crippen molar-refractivity contribution in [1.82, 2.24) is 5.32 Å². The van der Waals surface area contributed by atoms with Gasteiger partial charge in [-0.3, -0.25) is 4.79 Å². The number of hydrogen-bond acceptors (Lipinski definition) is 1. The first-order chi connectivity index (χ1) is 7.52. The van der Waals surface area contributed by atoms with Crippen LogP contribution in [0.3, 0.4) is 0 Å². The lowest BCUT2D eigenvalue weighted by Crippen LogP contribution is -2.34. The molecule has 0 saturated carbocycles. The van der Waals surface area contributed by atoms with Crippen molar-refractivity contribution in [3.63, 3.8) is 0 Å². The molecule has 16 heavy (non-hydrogen) atoms. The van der Waals surface area contributed by atoms with E-state index in [1.54, 1.807) is 0 Å². The van der Waals surface area contributed by atoms with E-state index in [0.29, 0.717) is 6.42 Å². The Kier molecular flexibility index (Phi) is 9.00. The highest BCUT2D eigenvalue weighted by molar-refractivity contribution is 9.09. The lowest BCUT2D eigenvalue weighted by atomic mass is 9.90. The predicted molar refractivity (Wildman–Crippen MR) is 74.0 cm³/mol. The molecule has 0 aliphatic rings. The molecule has 0 unspecified atom stereocenters. The highest BCUT2D eigenvalue weighted by atomic mass is 79.9. The van der Waals surface area contributed by atoms with Gasteiger partial charge in [-0.1, -0.05) is 56.0 Å². The molecule has 1 N–H and O–H groups in total. The van der Waals surface area contributed by atoms with Crippen LogP contribution in [0, 0.1) is 5.41 Å². The molecule has 0 saturated heterocycles. The van der Waals surface area contributed by atoms with Gasteiger partial charge in [0.2, 0.25) is 5.91 Å². The summed E-state index contributed by atoms with van der Waals surface area (Å²) in [6.45, 7) is 7.34. The number of carbonyl (C=O) groups excluding carboxylic acids is 1. The lowest BCUT2D eigenvalue weighted by Gasteiger charge is -2.23. The number of amides is 1. The average molecular weight is 292 g/mol. The smallest absolute Gasteiger partial charge is 0.220 e. The van der Waals surface area contributed by atoms with Crippen molar-refractivity contribution in [3.8, 4) is 0 Å². The number of carbonyl (C=O) groups is 1. The quantitative estimate of drug-likeness (QED) is 0.507. The summed E-state index contributed by atoms with van der Waals surface area (Å²) in [6.07, 6.45) is 6.43. The van der Waals surface area contributed by atoms with Gasteiger partial charge < -0.3 is 5.32 Å². The molecule has 0 atom stereocenters. The zero-order valence-corrected chi connectivity index (χ0v) is 12.5. The maximum absolute atomic E-state index is 11.5. The van der Waals surface area contributed by atoms with Crippen molar-refractivity contribution >= 4 is 21.8 Å². The van der Waals surface area contributed by atoms with Crippen LogP contribution in [0.15, 0.2) is 0 Å². The van der Waals surface area contributed by atoms with Crippen LogP contribution in [0.25, 0.3) is 0 Å². The average Bonchev–Trinajstić information content (AvgIpc) is 2.22. The van der Waals surface area contributed by atoms with Crippen molar-refractivity contribution in [1.29, 1.82) is 0 Å². The first kappa shape index (κ1) is 16.0. The minimum absolute atomic E-state index is 0.197. The van der Waals surface area contributed by atoms with E-state index >= 15 is 0 Å². The zero-order valence-electron chi connectivity index (χ0n) is 10.9. The van der Waals surface area contributed by atoms with E-state index < -0.39 is 0 Å². The molecule has 3 heteroatoms. The third kappa shape index (κ3) is 9.20. The Morgan fingerprint density at radius 1 is 1.25 bits per heavy atom. The van der Waals surface area contributed by atoms with Crippen LogP contribution < -0.4 is 5.32 Å². The molecule has 0 aliphatic carbocycles. The standard InChI is InChI=1S/C13H26BrNO/c1-4-5-6-7-8-12(16)15-11-13(2,3)9-10-14/h4-11H2,1-3H3,(H,15,16). The highest BCUT2D eigenvalue weighted by Gasteiger charge is 2.17. The van der Waals surface area contributed by atoms with Gasteiger partial charge >= 0.3 is 0 Å². The van der Waals surface area contributed by atoms with Gasteiger partial charge in [-0.05, 0) is 18.3 Å². The molecule has 0 radical (unpaired) electrons. The normalized spacial score (nSPS) is 11.5. The predicted octanol–water partition coefficient (Wildman–Crippen LogP) is 3.88. The Hall–Kier alpha value is -0.0500. The number of unbranched alkanes of at least 4 members (excludes halogenated alkanes) is 3. The largest absolute Gasteiger partial charge is 0.356 e. The van der Waals surface area contributed by atoms with Gasteiger partial charge in [0, 0.05) is 18.3 Å². The maximum atomic E-state index is 11.5. The third-order valence-electron chi connectivity index (χ3n) is 2.79. The second-order valence-electron chi connectivity index (χ2n) is 5.19. The van der Waals surface area contributed by atoms with E-state index in [4.69, 9.17) is 0 Å². The van der Waals surface area contributed by atoms with Gasteiger partial charge in [0.05, 0.1) is 0 Å². The third-order valence-corrected chi connectivity index (χ3v) is 3.19. The van der Waals surface area contributed by atoms with E-state index in [1.165, 1.54) is 19.3 Å². The molecule has 0 fully saturated rings. The minimum atomic E-state index is 0.197. The van der Waals surface area contributed by atoms with Crippen molar-refractivity contribution in [2.24, 2.45) is 5.41 Å². The summed E-state index contributed by atoms with van der Waals surface area (Å²) >= 11 is 3.44. The van der Waals surface area contributed by atoms with Crippen molar-refractivity contribution in [3.05, 3.63) is 0 Å². The van der Waals surface area contributed by atoms with Crippen LogP contribution in [0.2, 0.25) is 0 Å². The number of halogens is 1. The molecule has 1 amide bonds. The minimum Gasteiger partial charge on any atom is -0.356 e. The van der Waals surface area contributed by atoms with E-state index in [2.05, 4.69) is 42.0 Å². The highest BCUT2D eigenvalue weighted by Crippen LogP contribution is 2.19. The molecule has 0 aliphatic heterocycles. The summed E-state index contributed by atoms with van der Waals surface area (Å²) in [4.78, 5) is 11.5.